The molecule has 380 valence electrons. The predicted molar refractivity (Wildman–Crippen MR) is 214 cm³/mol. The molecule has 24 heteroatoms. The fourth-order valence-electron chi connectivity index (χ4n) is 10.5. The van der Waals surface area contributed by atoms with Gasteiger partial charge >= 0.3 is 5.97 Å². The minimum atomic E-state index is -1.91. The first kappa shape index (κ1) is 52.2. The number of rotatable bonds is 12. The summed E-state index contributed by atoms with van der Waals surface area (Å²) in [7, 11) is 0. The third-order valence-electron chi connectivity index (χ3n) is 14.4. The summed E-state index contributed by atoms with van der Waals surface area (Å²) in [5.41, 5.74) is 0. The Hall–Kier alpha value is -1.67. The van der Waals surface area contributed by atoms with Gasteiger partial charge in [-0.1, -0.05) is 6.08 Å². The first-order valence-electron chi connectivity index (χ1n) is 22.8. The molecular formula is C42H68O24. The van der Waals surface area contributed by atoms with Crippen LogP contribution >= 0.6 is 0 Å². The lowest BCUT2D eigenvalue weighted by Gasteiger charge is -2.53. The van der Waals surface area contributed by atoms with E-state index < -0.39 is 184 Å². The van der Waals surface area contributed by atoms with Gasteiger partial charge < -0.3 is 114 Å². The topological polar surface area (TPSA) is 394 Å². The lowest BCUT2D eigenvalue weighted by atomic mass is 9.72. The Labute approximate surface area is 379 Å². The lowest BCUT2D eigenvalue weighted by Crippen LogP contribution is -2.64. The highest BCUT2D eigenvalue weighted by atomic mass is 16.7. The monoisotopic (exact) mass is 956 g/mol. The van der Waals surface area contributed by atoms with Crippen molar-refractivity contribution in [1.29, 1.82) is 0 Å². The average Bonchev–Trinajstić information content (AvgIpc) is 3.28. The van der Waals surface area contributed by atoms with Gasteiger partial charge in [0, 0.05) is 18.4 Å². The first-order valence-corrected chi connectivity index (χ1v) is 22.8. The molecule has 15 N–H and O–H groups in total. The van der Waals surface area contributed by atoms with Crippen molar-refractivity contribution in [2.45, 2.75) is 211 Å². The van der Waals surface area contributed by atoms with Gasteiger partial charge in [-0.05, 0) is 63.7 Å². The maximum atomic E-state index is 12.7. The molecule has 0 aromatic carbocycles. The Balaban J connectivity index is 1.02. The van der Waals surface area contributed by atoms with E-state index in [9.17, 15) is 81.4 Å². The number of aliphatic hydroxyl groups excluding tert-OH is 15. The molecule has 4 saturated heterocycles. The van der Waals surface area contributed by atoms with Crippen LogP contribution in [0.25, 0.3) is 0 Å². The normalized spacial score (nSPS) is 52.7. The standard InChI is InChI=1S/C42H68O24/c1-14-38(66-28(49)5-3-15-2-4-19(45)20(46)6-15)34(55)37(58)40(60-14)59-13-27-31(52)33(54)36(57)42(65-27)63-25-11-18-23(61-39(25)16-7-21(47)29(50)22(48)8-16)9-17(44)10-24(18)62-41-35(56)32(53)30(51)26(12-43)64-41/h3,5,14-27,29-48,50-58H,2,4,6-13H2,1H3/t14-,15?,16?,17?,18?,19?,20?,21?,22?,23?,24?,25?,26+,27+,29?,30+,31+,32-,33-,34-,35+,36+,37+,38-,39?,40+,41+,42+/m0/s1. The molecule has 0 aromatic rings. The second-order valence-corrected chi connectivity index (χ2v) is 19.1. The zero-order chi connectivity index (χ0) is 47.9. The van der Waals surface area contributed by atoms with Crippen molar-refractivity contribution in [2.24, 2.45) is 17.8 Å². The largest absolute Gasteiger partial charge is 0.454 e. The molecule has 24 nitrogen and oxygen atoms in total. The third-order valence-corrected chi connectivity index (χ3v) is 14.4. The van der Waals surface area contributed by atoms with Crippen LogP contribution in [0.5, 0.6) is 0 Å². The molecule has 4 heterocycles. The zero-order valence-corrected chi connectivity index (χ0v) is 36.3. The Morgan fingerprint density at radius 3 is 1.82 bits per heavy atom. The Morgan fingerprint density at radius 2 is 1.18 bits per heavy atom. The summed E-state index contributed by atoms with van der Waals surface area (Å²) in [4.78, 5) is 12.7. The summed E-state index contributed by atoms with van der Waals surface area (Å²) in [6, 6.07) is 0. The Kier molecular flexibility index (Phi) is 17.5. The molecule has 26 atom stereocenters. The van der Waals surface area contributed by atoms with Gasteiger partial charge in [0.25, 0.3) is 0 Å². The van der Waals surface area contributed by atoms with Crippen LogP contribution in [0, 0.1) is 17.8 Å². The van der Waals surface area contributed by atoms with Gasteiger partial charge in [-0.3, -0.25) is 0 Å². The highest BCUT2D eigenvalue weighted by molar-refractivity contribution is 5.82. The quantitative estimate of drug-likeness (QED) is 0.0638. The van der Waals surface area contributed by atoms with E-state index in [1.165, 1.54) is 13.0 Å². The summed E-state index contributed by atoms with van der Waals surface area (Å²) in [6.07, 6.45) is -31.5. The lowest BCUT2D eigenvalue weighted by molar-refractivity contribution is -0.352. The molecule has 66 heavy (non-hydrogen) atoms. The van der Waals surface area contributed by atoms with E-state index in [1.807, 2.05) is 0 Å². The molecule has 7 rings (SSSR count). The molecule has 0 spiro atoms. The SMILES string of the molecule is C[C@@H]1O[C@@H](OC[C@H]2O[C@@H](OC3CC4C(CC(O)CC4O[C@@H]4O[C@H](CO)[C@@H](O)[C@H](O)[C@H]4O)OC3C3CC(O)C(O)C(O)C3)[C@H](O)[C@@H](O)[C@@H]2O)[C@H](O)[C@H](O)[C@H]1OC(=O)C=CC1CCC(O)C(O)C1. The minimum Gasteiger partial charge on any atom is -0.454 e. The smallest absolute Gasteiger partial charge is 0.330 e. The van der Waals surface area contributed by atoms with E-state index in [-0.39, 0.29) is 44.4 Å². The molecule has 0 aromatic heterocycles. The predicted octanol–water partition coefficient (Wildman–Crippen LogP) is -6.74. The van der Waals surface area contributed by atoms with Gasteiger partial charge in [-0.15, -0.1) is 0 Å². The van der Waals surface area contributed by atoms with E-state index >= 15 is 0 Å². The first-order chi connectivity index (χ1) is 31.3. The molecule has 0 bridgehead atoms. The van der Waals surface area contributed by atoms with Crippen molar-refractivity contribution in [3.8, 4) is 0 Å². The summed E-state index contributed by atoms with van der Waals surface area (Å²) in [6.45, 7) is 0.109. The number of allylic oxidation sites excluding steroid dienone is 1. The van der Waals surface area contributed by atoms with Crippen LogP contribution in [0.1, 0.15) is 58.3 Å². The van der Waals surface area contributed by atoms with E-state index in [2.05, 4.69) is 0 Å². The third kappa shape index (κ3) is 11.4. The number of esters is 1. The minimum absolute atomic E-state index is 0.00492. The van der Waals surface area contributed by atoms with Crippen molar-refractivity contribution >= 4 is 5.97 Å². The number of carbonyl (C=O) groups is 1. The second kappa shape index (κ2) is 22.2. The fraction of sp³-hybridized carbons (Fsp3) is 0.929. The summed E-state index contributed by atoms with van der Waals surface area (Å²) < 4.78 is 47.5. The second-order valence-electron chi connectivity index (χ2n) is 19.1. The van der Waals surface area contributed by atoms with Gasteiger partial charge in [-0.25, -0.2) is 4.79 Å². The van der Waals surface area contributed by atoms with Gasteiger partial charge in [0.1, 0.15) is 67.1 Å². The summed E-state index contributed by atoms with van der Waals surface area (Å²) in [5.74, 6) is -2.42. The van der Waals surface area contributed by atoms with E-state index in [4.69, 9.17) is 37.9 Å². The van der Waals surface area contributed by atoms with Gasteiger partial charge in [0.05, 0.1) is 74.3 Å². The maximum Gasteiger partial charge on any atom is 0.330 e. The molecule has 0 radical (unpaired) electrons. The van der Waals surface area contributed by atoms with Crippen LogP contribution in [-0.4, -0.2) is 249 Å². The molecule has 11 unspecified atom stereocenters. The fourth-order valence-corrected chi connectivity index (χ4v) is 10.5. The summed E-state index contributed by atoms with van der Waals surface area (Å²) >= 11 is 0. The highest BCUT2D eigenvalue weighted by Crippen LogP contribution is 2.45. The van der Waals surface area contributed by atoms with Crippen LogP contribution in [0.3, 0.4) is 0 Å². The summed E-state index contributed by atoms with van der Waals surface area (Å²) in [5, 5.41) is 159. The van der Waals surface area contributed by atoms with Crippen molar-refractivity contribution in [1.82, 2.24) is 0 Å². The zero-order valence-electron chi connectivity index (χ0n) is 36.3. The maximum absolute atomic E-state index is 12.7. The van der Waals surface area contributed by atoms with Crippen LogP contribution in [0.15, 0.2) is 12.2 Å². The van der Waals surface area contributed by atoms with Gasteiger partial charge in [-0.2, -0.15) is 0 Å². The van der Waals surface area contributed by atoms with E-state index in [0.29, 0.717) is 12.8 Å². The number of carbonyl (C=O) groups excluding carboxylic acids is 1. The van der Waals surface area contributed by atoms with Crippen molar-refractivity contribution in [2.75, 3.05) is 13.2 Å². The van der Waals surface area contributed by atoms with Crippen molar-refractivity contribution in [3.05, 3.63) is 12.2 Å². The van der Waals surface area contributed by atoms with Crippen LogP contribution in [0.4, 0.5) is 0 Å². The highest BCUT2D eigenvalue weighted by Gasteiger charge is 2.55. The Morgan fingerprint density at radius 1 is 0.576 bits per heavy atom. The number of hydrogen-bond acceptors (Lipinski definition) is 24. The number of ether oxygens (including phenoxy) is 8. The molecule has 4 aliphatic heterocycles. The van der Waals surface area contributed by atoms with E-state index in [1.54, 1.807) is 0 Å². The average molecular weight is 957 g/mol. The molecule has 3 saturated carbocycles. The van der Waals surface area contributed by atoms with Crippen LogP contribution in [-0.2, 0) is 42.7 Å². The number of hydrogen-bond donors (Lipinski definition) is 15. The van der Waals surface area contributed by atoms with Crippen molar-refractivity contribution < 1.29 is 119 Å². The number of fused-ring (bicyclic) bond motifs is 1. The molecule has 3 aliphatic carbocycles. The molecule has 0 amide bonds. The van der Waals surface area contributed by atoms with Crippen LogP contribution < -0.4 is 0 Å². The molecule has 7 aliphatic rings. The van der Waals surface area contributed by atoms with Crippen molar-refractivity contribution in [3.63, 3.8) is 0 Å². The molecular weight excluding hydrogens is 888 g/mol. The van der Waals surface area contributed by atoms with E-state index in [0.717, 1.165) is 6.08 Å². The van der Waals surface area contributed by atoms with Gasteiger partial charge in [0.2, 0.25) is 0 Å². The van der Waals surface area contributed by atoms with Gasteiger partial charge in [0.15, 0.2) is 25.0 Å². The number of aliphatic hydroxyl groups is 15. The molecule has 7 fully saturated rings. The van der Waals surface area contributed by atoms with Crippen LogP contribution in [0.2, 0.25) is 0 Å². The Bertz CT molecular complexity index is 1580.